The highest BCUT2D eigenvalue weighted by molar-refractivity contribution is 6.31. The van der Waals surface area contributed by atoms with Gasteiger partial charge in [-0.2, -0.15) is 5.10 Å². The van der Waals surface area contributed by atoms with E-state index in [4.69, 9.17) is 11.6 Å². The molecular weight excluding hydrogens is 350 g/mol. The number of nitrogens with zero attached hydrogens (tertiary/aromatic N) is 3. The Hall–Kier alpha value is -2.14. The van der Waals surface area contributed by atoms with Crippen molar-refractivity contribution < 1.29 is 9.59 Å². The number of likely N-dealkylation sites (tertiary alicyclic amines) is 1. The lowest BCUT2D eigenvalue weighted by Gasteiger charge is -2.43. The zero-order valence-corrected chi connectivity index (χ0v) is 15.8. The number of aryl methyl sites for hydroxylation is 2. The van der Waals surface area contributed by atoms with E-state index in [1.165, 1.54) is 0 Å². The fourth-order valence-electron chi connectivity index (χ4n) is 4.36. The van der Waals surface area contributed by atoms with E-state index < -0.39 is 0 Å². The highest BCUT2D eigenvalue weighted by Gasteiger charge is 2.43. The van der Waals surface area contributed by atoms with Crippen molar-refractivity contribution in [2.45, 2.75) is 32.6 Å². The summed E-state index contributed by atoms with van der Waals surface area (Å²) in [6.07, 6.45) is 4.96. The van der Waals surface area contributed by atoms with E-state index >= 15 is 0 Å². The molecular formula is C20H22ClN3O2. The number of ketones is 1. The predicted octanol–water partition coefficient (Wildman–Crippen LogP) is 3.43. The first-order valence-electron chi connectivity index (χ1n) is 8.98. The van der Waals surface area contributed by atoms with E-state index in [0.717, 1.165) is 36.1 Å². The summed E-state index contributed by atoms with van der Waals surface area (Å²) in [6, 6.07) is 5.41. The number of hydrogen-bond acceptors (Lipinski definition) is 3. The molecule has 0 radical (unpaired) electrons. The van der Waals surface area contributed by atoms with Crippen LogP contribution in [0, 0.1) is 12.3 Å². The van der Waals surface area contributed by atoms with Gasteiger partial charge >= 0.3 is 0 Å². The van der Waals surface area contributed by atoms with Gasteiger partial charge < -0.3 is 4.90 Å². The summed E-state index contributed by atoms with van der Waals surface area (Å²) in [5.41, 5.74) is 3.37. The van der Waals surface area contributed by atoms with Crippen molar-refractivity contribution in [2.24, 2.45) is 12.5 Å². The average molecular weight is 372 g/mol. The highest BCUT2D eigenvalue weighted by Crippen LogP contribution is 2.43. The first kappa shape index (κ1) is 17.3. The molecule has 26 heavy (non-hydrogen) atoms. The maximum atomic E-state index is 12.8. The topological polar surface area (TPSA) is 55.2 Å². The molecule has 1 fully saturated rings. The predicted molar refractivity (Wildman–Crippen MR) is 99.6 cm³/mol. The number of Topliss-reactive ketones (excluding diaryl/α,β-unsaturated/α-hetero) is 1. The summed E-state index contributed by atoms with van der Waals surface area (Å²) in [5.74, 6) is 0.225. The highest BCUT2D eigenvalue weighted by atomic mass is 35.5. The van der Waals surface area contributed by atoms with Gasteiger partial charge in [-0.1, -0.05) is 11.6 Å². The van der Waals surface area contributed by atoms with Crippen LogP contribution in [0.4, 0.5) is 0 Å². The number of halogens is 1. The van der Waals surface area contributed by atoms with Crippen LogP contribution in [0.15, 0.2) is 24.4 Å². The smallest absolute Gasteiger partial charge is 0.253 e. The molecule has 1 spiro atoms. The van der Waals surface area contributed by atoms with Crippen molar-refractivity contribution in [3.63, 3.8) is 0 Å². The van der Waals surface area contributed by atoms with Crippen molar-refractivity contribution >= 4 is 23.3 Å². The normalized spacial score (nSPS) is 18.9. The number of piperidine rings is 1. The molecule has 1 aromatic carbocycles. The molecule has 1 aliphatic carbocycles. The van der Waals surface area contributed by atoms with Gasteiger partial charge in [-0.3, -0.25) is 14.3 Å². The van der Waals surface area contributed by atoms with E-state index in [9.17, 15) is 9.59 Å². The zero-order chi connectivity index (χ0) is 18.5. The molecule has 0 atom stereocenters. The molecule has 2 aliphatic rings. The van der Waals surface area contributed by atoms with Crippen molar-refractivity contribution in [3.8, 4) is 0 Å². The van der Waals surface area contributed by atoms with Crippen molar-refractivity contribution in [3.05, 3.63) is 51.8 Å². The van der Waals surface area contributed by atoms with Crippen LogP contribution in [0.25, 0.3) is 0 Å². The minimum absolute atomic E-state index is 0.0280. The van der Waals surface area contributed by atoms with E-state index in [0.29, 0.717) is 30.1 Å². The summed E-state index contributed by atoms with van der Waals surface area (Å²) >= 11 is 6.06. The summed E-state index contributed by atoms with van der Waals surface area (Å²) < 4.78 is 1.69. The number of hydrogen-bond donors (Lipinski definition) is 0. The van der Waals surface area contributed by atoms with Crippen molar-refractivity contribution in [1.82, 2.24) is 14.7 Å². The molecule has 0 N–H and O–H groups in total. The largest absolute Gasteiger partial charge is 0.339 e. The van der Waals surface area contributed by atoms with Gasteiger partial charge in [0, 0.05) is 42.7 Å². The van der Waals surface area contributed by atoms with Gasteiger partial charge in [-0.05, 0) is 55.4 Å². The second-order valence-electron chi connectivity index (χ2n) is 7.67. The molecule has 6 heteroatoms. The van der Waals surface area contributed by atoms with Crippen LogP contribution in [0.2, 0.25) is 5.02 Å². The van der Waals surface area contributed by atoms with Gasteiger partial charge in [0.15, 0.2) is 5.78 Å². The Morgan fingerprint density at radius 1 is 1.23 bits per heavy atom. The van der Waals surface area contributed by atoms with Gasteiger partial charge in [0.1, 0.15) is 5.69 Å². The van der Waals surface area contributed by atoms with Gasteiger partial charge in [0.25, 0.3) is 5.91 Å². The fraction of sp³-hybridized carbons (Fsp3) is 0.450. The molecule has 1 amide bonds. The van der Waals surface area contributed by atoms with Gasteiger partial charge in [-0.15, -0.1) is 0 Å². The molecule has 4 rings (SSSR count). The molecule has 136 valence electrons. The number of amides is 1. The van der Waals surface area contributed by atoms with Crippen LogP contribution in [0.1, 0.15) is 51.2 Å². The first-order valence-corrected chi connectivity index (χ1v) is 9.36. The third kappa shape index (κ3) is 2.84. The van der Waals surface area contributed by atoms with Crippen molar-refractivity contribution in [2.75, 3.05) is 13.1 Å². The minimum atomic E-state index is -0.0280. The van der Waals surface area contributed by atoms with Crippen LogP contribution in [-0.2, 0) is 13.5 Å². The molecule has 2 aromatic rings. The molecule has 2 heterocycles. The Kier molecular flexibility index (Phi) is 4.14. The lowest BCUT2D eigenvalue weighted by atomic mass is 9.67. The monoisotopic (exact) mass is 371 g/mol. The zero-order valence-electron chi connectivity index (χ0n) is 15.1. The van der Waals surface area contributed by atoms with Crippen LogP contribution in [0.3, 0.4) is 0 Å². The Balaban J connectivity index is 1.48. The van der Waals surface area contributed by atoms with E-state index in [-0.39, 0.29) is 17.1 Å². The quantitative estimate of drug-likeness (QED) is 0.771. The van der Waals surface area contributed by atoms with E-state index in [1.54, 1.807) is 16.8 Å². The fourth-order valence-corrected chi connectivity index (χ4v) is 4.48. The lowest BCUT2D eigenvalue weighted by Crippen LogP contribution is -2.46. The number of carbonyl (C=O) groups excluding carboxylic acids is 2. The standard InChI is InChI=1S/C20H22ClN3O2/c1-13-9-14(3-4-16(13)21)19(26)24-7-5-20(6-8-24)10-15-12-22-23(2)18(15)17(25)11-20/h3-4,9,12H,5-8,10-11H2,1-2H3. The summed E-state index contributed by atoms with van der Waals surface area (Å²) in [4.78, 5) is 27.3. The molecule has 0 bridgehead atoms. The third-order valence-corrected chi connectivity index (χ3v) is 6.32. The van der Waals surface area contributed by atoms with Gasteiger partial charge in [0.05, 0.1) is 6.20 Å². The Morgan fingerprint density at radius 3 is 2.65 bits per heavy atom. The maximum Gasteiger partial charge on any atom is 0.253 e. The number of benzene rings is 1. The second kappa shape index (κ2) is 6.23. The van der Waals surface area contributed by atoms with Gasteiger partial charge in [0.2, 0.25) is 0 Å². The first-order chi connectivity index (χ1) is 12.4. The van der Waals surface area contributed by atoms with Crippen LogP contribution in [0.5, 0.6) is 0 Å². The minimum Gasteiger partial charge on any atom is -0.339 e. The Morgan fingerprint density at radius 2 is 1.96 bits per heavy atom. The number of aromatic nitrogens is 2. The summed E-state index contributed by atoms with van der Waals surface area (Å²) in [5, 5.41) is 4.92. The third-order valence-electron chi connectivity index (χ3n) is 5.90. The summed E-state index contributed by atoms with van der Waals surface area (Å²) in [7, 11) is 1.82. The van der Waals surface area contributed by atoms with E-state index in [1.807, 2.05) is 31.1 Å². The van der Waals surface area contributed by atoms with Gasteiger partial charge in [-0.25, -0.2) is 0 Å². The lowest BCUT2D eigenvalue weighted by molar-refractivity contribution is 0.0518. The SMILES string of the molecule is Cc1cc(C(=O)N2CCC3(CC2)CC(=O)c2c(cnn2C)C3)ccc1Cl. The maximum absolute atomic E-state index is 12.8. The molecule has 5 nitrogen and oxygen atoms in total. The number of rotatable bonds is 1. The molecule has 0 saturated carbocycles. The molecule has 0 unspecified atom stereocenters. The van der Waals surface area contributed by atoms with Crippen LogP contribution in [-0.4, -0.2) is 39.5 Å². The molecule has 1 aromatic heterocycles. The molecule has 1 saturated heterocycles. The van der Waals surface area contributed by atoms with Crippen LogP contribution < -0.4 is 0 Å². The average Bonchev–Trinajstić information content (AvgIpc) is 2.98. The van der Waals surface area contributed by atoms with E-state index in [2.05, 4.69) is 5.10 Å². The Bertz CT molecular complexity index is 894. The number of fused-ring (bicyclic) bond motifs is 1. The van der Waals surface area contributed by atoms with Crippen molar-refractivity contribution in [1.29, 1.82) is 0 Å². The summed E-state index contributed by atoms with van der Waals surface area (Å²) in [6.45, 7) is 3.27. The Labute approximate surface area is 157 Å². The number of carbonyl (C=O) groups is 2. The second-order valence-corrected chi connectivity index (χ2v) is 8.08. The van der Waals surface area contributed by atoms with Crippen LogP contribution >= 0.6 is 11.6 Å². The molecule has 1 aliphatic heterocycles.